The monoisotopic (exact) mass is 370 g/mol. The minimum atomic E-state index is 0.908. The second kappa shape index (κ2) is 6.98. The van der Waals surface area contributed by atoms with Gasteiger partial charge in [-0.2, -0.15) is 5.10 Å². The lowest BCUT2D eigenvalue weighted by atomic mass is 10.1. The largest absolute Gasteiger partial charge is 0.355 e. The Morgan fingerprint density at radius 3 is 2.93 bits per heavy atom. The van der Waals surface area contributed by atoms with E-state index >= 15 is 0 Å². The number of aromatic nitrogens is 4. The zero-order valence-corrected chi connectivity index (χ0v) is 15.7. The lowest BCUT2D eigenvalue weighted by molar-refractivity contribution is 0.370. The highest BCUT2D eigenvalue weighted by molar-refractivity contribution is 5.94. The van der Waals surface area contributed by atoms with E-state index in [-0.39, 0.29) is 0 Å². The third-order valence-electron chi connectivity index (χ3n) is 5.26. The Kier molecular flexibility index (Phi) is 4.18. The summed E-state index contributed by atoms with van der Waals surface area (Å²) >= 11 is 0. The second-order valence-corrected chi connectivity index (χ2v) is 7.24. The highest BCUT2D eigenvalue weighted by atomic mass is 15.1. The zero-order valence-electron chi connectivity index (χ0n) is 15.7. The predicted octanol–water partition coefficient (Wildman–Crippen LogP) is 4.42. The van der Waals surface area contributed by atoms with Crippen molar-refractivity contribution in [2.75, 3.05) is 25.5 Å². The van der Waals surface area contributed by atoms with Crippen molar-refractivity contribution >= 4 is 28.0 Å². The summed E-state index contributed by atoms with van der Waals surface area (Å²) in [5, 5.41) is 11.6. The summed E-state index contributed by atoms with van der Waals surface area (Å²) in [5.41, 5.74) is 7.71. The van der Waals surface area contributed by atoms with Crippen LogP contribution in [0.5, 0.6) is 0 Å². The lowest BCUT2D eigenvalue weighted by Gasteiger charge is -2.21. The van der Waals surface area contributed by atoms with Gasteiger partial charge in [-0.15, -0.1) is 0 Å². The van der Waals surface area contributed by atoms with Gasteiger partial charge in [0.25, 0.3) is 0 Å². The minimum Gasteiger partial charge on any atom is -0.355 e. The number of fused-ring (bicyclic) bond motifs is 1. The number of hydrogen-bond donors (Lipinski definition) is 3. The van der Waals surface area contributed by atoms with Crippen LogP contribution in [0.3, 0.4) is 0 Å². The number of nitrogens with zero attached hydrogens (tertiary/aromatic N) is 3. The SMILES string of the molecule is CN1CC=C(c2cc3c(Nc4cccc(-c5cn[nH]c5)c4)ccnc3[nH]2)CC1. The number of pyridine rings is 1. The number of hydrogen-bond acceptors (Lipinski definition) is 4. The standard InChI is InChI=1S/C22H22N6/c1-28-9-6-15(7-10-28)21-12-19-20(5-8-23-22(19)27-21)26-18-4-2-3-16(11-18)17-13-24-25-14-17/h2-6,8,11-14H,7,9-10H2,1H3,(H,24,25)(H2,23,26,27). The minimum absolute atomic E-state index is 0.908. The molecule has 3 N–H and O–H groups in total. The Labute approximate surface area is 163 Å². The quantitative estimate of drug-likeness (QED) is 0.497. The molecule has 1 aliphatic rings. The van der Waals surface area contributed by atoms with Gasteiger partial charge in [-0.25, -0.2) is 4.98 Å². The molecule has 0 aliphatic carbocycles. The molecule has 0 unspecified atom stereocenters. The molecule has 1 aromatic carbocycles. The molecule has 3 aromatic heterocycles. The maximum Gasteiger partial charge on any atom is 0.139 e. The molecule has 140 valence electrons. The average molecular weight is 370 g/mol. The molecule has 0 atom stereocenters. The number of H-pyrrole nitrogens is 2. The van der Waals surface area contributed by atoms with E-state index in [1.54, 1.807) is 0 Å². The summed E-state index contributed by atoms with van der Waals surface area (Å²) < 4.78 is 0. The van der Waals surface area contributed by atoms with Crippen LogP contribution in [-0.4, -0.2) is 45.2 Å². The summed E-state index contributed by atoms with van der Waals surface area (Å²) in [5.74, 6) is 0. The van der Waals surface area contributed by atoms with Gasteiger partial charge in [0.05, 0.1) is 11.9 Å². The van der Waals surface area contributed by atoms with Crippen LogP contribution in [0, 0.1) is 0 Å². The molecule has 1 aliphatic heterocycles. The van der Waals surface area contributed by atoms with Crippen molar-refractivity contribution in [1.29, 1.82) is 0 Å². The summed E-state index contributed by atoms with van der Waals surface area (Å²) in [7, 11) is 2.15. The van der Waals surface area contributed by atoms with Crippen LogP contribution in [0.2, 0.25) is 0 Å². The van der Waals surface area contributed by atoms with E-state index in [4.69, 9.17) is 0 Å². The molecule has 0 amide bonds. The molecule has 6 nitrogen and oxygen atoms in total. The normalized spacial score (nSPS) is 15.0. The van der Waals surface area contributed by atoms with E-state index in [2.05, 4.69) is 73.8 Å². The molecule has 5 rings (SSSR count). The molecule has 0 bridgehead atoms. The molecule has 0 fully saturated rings. The van der Waals surface area contributed by atoms with E-state index in [1.165, 1.54) is 5.57 Å². The molecule has 0 radical (unpaired) electrons. The number of likely N-dealkylation sites (N-methyl/N-ethyl adjacent to an activating group) is 1. The van der Waals surface area contributed by atoms with E-state index < -0.39 is 0 Å². The van der Waals surface area contributed by atoms with Crippen molar-refractivity contribution in [3.8, 4) is 11.1 Å². The van der Waals surface area contributed by atoms with Crippen LogP contribution < -0.4 is 5.32 Å². The lowest BCUT2D eigenvalue weighted by Crippen LogP contribution is -2.23. The van der Waals surface area contributed by atoms with E-state index in [9.17, 15) is 0 Å². The van der Waals surface area contributed by atoms with Crippen molar-refractivity contribution in [2.24, 2.45) is 0 Å². The van der Waals surface area contributed by atoms with Gasteiger partial charge in [0, 0.05) is 47.8 Å². The van der Waals surface area contributed by atoms with Crippen molar-refractivity contribution in [1.82, 2.24) is 25.1 Å². The topological polar surface area (TPSA) is 72.6 Å². The smallest absolute Gasteiger partial charge is 0.139 e. The Morgan fingerprint density at radius 2 is 2.11 bits per heavy atom. The number of benzene rings is 1. The fourth-order valence-corrected chi connectivity index (χ4v) is 3.66. The Morgan fingerprint density at radius 1 is 1.14 bits per heavy atom. The Balaban J connectivity index is 1.47. The van der Waals surface area contributed by atoms with Gasteiger partial charge >= 0.3 is 0 Å². The van der Waals surface area contributed by atoms with Crippen molar-refractivity contribution in [3.63, 3.8) is 0 Å². The van der Waals surface area contributed by atoms with Crippen LogP contribution in [0.1, 0.15) is 12.1 Å². The molecule has 0 saturated carbocycles. The first-order valence-electron chi connectivity index (χ1n) is 9.48. The number of aromatic amines is 2. The summed E-state index contributed by atoms with van der Waals surface area (Å²) in [6.07, 6.45) is 8.93. The van der Waals surface area contributed by atoms with Gasteiger partial charge in [0.1, 0.15) is 5.65 Å². The first-order valence-corrected chi connectivity index (χ1v) is 9.48. The fourth-order valence-electron chi connectivity index (χ4n) is 3.66. The van der Waals surface area contributed by atoms with E-state index in [1.807, 2.05) is 24.7 Å². The maximum atomic E-state index is 4.53. The molecule has 0 saturated heterocycles. The first-order chi connectivity index (χ1) is 13.8. The van der Waals surface area contributed by atoms with Gasteiger partial charge in [-0.3, -0.25) is 5.10 Å². The molecule has 28 heavy (non-hydrogen) atoms. The number of anilines is 2. The van der Waals surface area contributed by atoms with E-state index in [0.29, 0.717) is 0 Å². The highest BCUT2D eigenvalue weighted by Crippen LogP contribution is 2.31. The molecule has 4 aromatic rings. The van der Waals surface area contributed by atoms with E-state index in [0.717, 1.165) is 58.7 Å². The van der Waals surface area contributed by atoms with Crippen LogP contribution >= 0.6 is 0 Å². The van der Waals surface area contributed by atoms with Gasteiger partial charge in [0.15, 0.2) is 0 Å². The van der Waals surface area contributed by atoms with Gasteiger partial charge < -0.3 is 15.2 Å². The maximum absolute atomic E-state index is 4.53. The van der Waals surface area contributed by atoms with Crippen molar-refractivity contribution < 1.29 is 0 Å². The number of nitrogens with one attached hydrogen (secondary N) is 3. The number of rotatable bonds is 4. The molecule has 4 heterocycles. The second-order valence-electron chi connectivity index (χ2n) is 7.24. The Bertz CT molecular complexity index is 1140. The average Bonchev–Trinajstić information content (AvgIpc) is 3.39. The van der Waals surface area contributed by atoms with Crippen molar-refractivity contribution in [2.45, 2.75) is 6.42 Å². The van der Waals surface area contributed by atoms with Crippen LogP contribution in [-0.2, 0) is 0 Å². The van der Waals surface area contributed by atoms with Gasteiger partial charge in [0.2, 0.25) is 0 Å². The Hall–Kier alpha value is -3.38. The zero-order chi connectivity index (χ0) is 18.9. The van der Waals surface area contributed by atoms with Crippen LogP contribution in [0.4, 0.5) is 11.4 Å². The van der Waals surface area contributed by atoms with Crippen LogP contribution in [0.15, 0.2) is 61.1 Å². The molecule has 0 spiro atoms. The summed E-state index contributed by atoms with van der Waals surface area (Å²) in [6.45, 7) is 2.07. The van der Waals surface area contributed by atoms with Gasteiger partial charge in [-0.1, -0.05) is 18.2 Å². The van der Waals surface area contributed by atoms with Crippen LogP contribution in [0.25, 0.3) is 27.7 Å². The fraction of sp³-hybridized carbons (Fsp3) is 0.182. The third-order valence-corrected chi connectivity index (χ3v) is 5.26. The van der Waals surface area contributed by atoms with Crippen molar-refractivity contribution in [3.05, 3.63) is 66.8 Å². The first kappa shape index (κ1) is 16.8. The highest BCUT2D eigenvalue weighted by Gasteiger charge is 2.14. The summed E-state index contributed by atoms with van der Waals surface area (Å²) in [4.78, 5) is 10.3. The molecular formula is C22H22N6. The molecular weight excluding hydrogens is 348 g/mol. The predicted molar refractivity (Wildman–Crippen MR) is 113 cm³/mol. The van der Waals surface area contributed by atoms with Gasteiger partial charge in [-0.05, 0) is 48.9 Å². The molecule has 6 heteroatoms. The summed E-state index contributed by atoms with van der Waals surface area (Å²) in [6, 6.07) is 12.6. The third kappa shape index (κ3) is 3.18.